The van der Waals surface area contributed by atoms with Gasteiger partial charge in [-0.3, -0.25) is 9.36 Å². The number of carbonyl (C=O) groups excluding carboxylic acids is 1. The number of unbranched alkanes of at least 4 members (excludes halogenated alkanes) is 2. The lowest BCUT2D eigenvalue weighted by Gasteiger charge is -2.24. The van der Waals surface area contributed by atoms with E-state index in [-0.39, 0.29) is 12.0 Å². The number of carbonyl (C=O) groups is 2. The van der Waals surface area contributed by atoms with Gasteiger partial charge in [-0.1, -0.05) is 26.3 Å². The molecule has 0 fully saturated rings. The summed E-state index contributed by atoms with van der Waals surface area (Å²) < 4.78 is 16.1. The van der Waals surface area contributed by atoms with Crippen molar-refractivity contribution in [3.05, 3.63) is 12.2 Å². The van der Waals surface area contributed by atoms with Crippen LogP contribution in [-0.2, 0) is 18.9 Å². The average Bonchev–Trinajstić information content (AvgIpc) is 2.33. The van der Waals surface area contributed by atoms with Crippen LogP contribution in [0.5, 0.6) is 0 Å². The van der Waals surface area contributed by atoms with Crippen LogP contribution < -0.4 is 0 Å². The largest absolute Gasteiger partial charge is 0.481 e. The molecule has 3 N–H and O–H groups in total. The maximum atomic E-state index is 11.6. The molecule has 0 saturated heterocycles. The van der Waals surface area contributed by atoms with Gasteiger partial charge in [0, 0.05) is 5.57 Å². The van der Waals surface area contributed by atoms with Gasteiger partial charge in [-0.05, 0) is 19.8 Å². The molecule has 0 bridgehead atoms. The SMILES string of the molecule is C=C(C)C(=O)OC(CCCCC)C(CP(=O)(O)O)C(=O)O. The van der Waals surface area contributed by atoms with Gasteiger partial charge >= 0.3 is 19.5 Å². The number of esters is 1. The second-order valence-corrected chi connectivity index (χ2v) is 6.71. The van der Waals surface area contributed by atoms with Gasteiger partial charge in [0.2, 0.25) is 0 Å². The van der Waals surface area contributed by atoms with E-state index in [2.05, 4.69) is 6.58 Å². The maximum absolute atomic E-state index is 11.6. The normalized spacial score (nSPS) is 14.3. The molecule has 0 saturated carbocycles. The number of aliphatic carboxylic acids is 1. The van der Waals surface area contributed by atoms with Crippen LogP contribution in [0.2, 0.25) is 0 Å². The van der Waals surface area contributed by atoms with E-state index in [4.69, 9.17) is 19.6 Å². The molecule has 0 aromatic carbocycles. The minimum absolute atomic E-state index is 0.107. The monoisotopic (exact) mass is 322 g/mol. The lowest BCUT2D eigenvalue weighted by Crippen LogP contribution is -2.35. The van der Waals surface area contributed by atoms with Gasteiger partial charge in [-0.2, -0.15) is 0 Å². The van der Waals surface area contributed by atoms with Crippen LogP contribution in [0.3, 0.4) is 0 Å². The van der Waals surface area contributed by atoms with E-state index in [9.17, 15) is 14.2 Å². The van der Waals surface area contributed by atoms with E-state index < -0.39 is 37.7 Å². The Hall–Kier alpha value is -1.17. The molecule has 8 heteroatoms. The number of ether oxygens (including phenoxy) is 1. The summed E-state index contributed by atoms with van der Waals surface area (Å²) in [5.41, 5.74) is 0.107. The van der Waals surface area contributed by atoms with Crippen LogP contribution in [0.4, 0.5) is 0 Å². The highest BCUT2D eigenvalue weighted by molar-refractivity contribution is 7.51. The van der Waals surface area contributed by atoms with Crippen LogP contribution in [0.1, 0.15) is 39.5 Å². The summed E-state index contributed by atoms with van der Waals surface area (Å²) >= 11 is 0. The second kappa shape index (κ2) is 8.97. The highest BCUT2D eigenvalue weighted by atomic mass is 31.2. The van der Waals surface area contributed by atoms with E-state index >= 15 is 0 Å². The summed E-state index contributed by atoms with van der Waals surface area (Å²) in [6, 6.07) is 0. The fraction of sp³-hybridized carbons (Fsp3) is 0.692. The van der Waals surface area contributed by atoms with Crippen molar-refractivity contribution in [2.24, 2.45) is 5.92 Å². The van der Waals surface area contributed by atoms with Crippen molar-refractivity contribution < 1.29 is 33.8 Å². The third-order valence-corrected chi connectivity index (χ3v) is 3.77. The topological polar surface area (TPSA) is 121 Å². The zero-order valence-corrected chi connectivity index (χ0v) is 13.2. The van der Waals surface area contributed by atoms with Crippen molar-refractivity contribution >= 4 is 19.5 Å². The van der Waals surface area contributed by atoms with Gasteiger partial charge in [0.25, 0.3) is 0 Å². The molecule has 7 nitrogen and oxygen atoms in total. The van der Waals surface area contributed by atoms with E-state index in [1.807, 2.05) is 6.92 Å². The van der Waals surface area contributed by atoms with Crippen molar-refractivity contribution in [1.29, 1.82) is 0 Å². The molecule has 2 unspecified atom stereocenters. The third-order valence-electron chi connectivity index (χ3n) is 2.90. The van der Waals surface area contributed by atoms with Crippen LogP contribution in [0.25, 0.3) is 0 Å². The predicted octanol–water partition coefficient (Wildman–Crippen LogP) is 1.93. The van der Waals surface area contributed by atoms with E-state index in [0.29, 0.717) is 6.42 Å². The molecule has 2 atom stereocenters. The second-order valence-electron chi connectivity index (χ2n) is 5.01. The predicted molar refractivity (Wildman–Crippen MR) is 76.9 cm³/mol. The van der Waals surface area contributed by atoms with Crippen LogP contribution in [0, 0.1) is 5.92 Å². The first kappa shape index (κ1) is 19.8. The number of carboxylic acids is 1. The summed E-state index contributed by atoms with van der Waals surface area (Å²) in [6.45, 7) is 6.79. The molecule has 0 rings (SSSR count). The standard InChI is InChI=1S/C13H23O7P/c1-4-5-6-7-11(20-13(16)9(2)3)10(12(14)15)8-21(17,18)19/h10-11H,2,4-8H2,1,3H3,(H,14,15)(H2,17,18,19). The summed E-state index contributed by atoms with van der Waals surface area (Å²) in [7, 11) is -4.53. The molecule has 21 heavy (non-hydrogen) atoms. The van der Waals surface area contributed by atoms with Gasteiger partial charge in [0.1, 0.15) is 12.0 Å². The molecule has 0 aromatic rings. The summed E-state index contributed by atoms with van der Waals surface area (Å²) in [5, 5.41) is 9.16. The van der Waals surface area contributed by atoms with Crippen LogP contribution >= 0.6 is 7.60 Å². The zero-order valence-electron chi connectivity index (χ0n) is 12.3. The summed E-state index contributed by atoms with van der Waals surface area (Å²) in [6.07, 6.45) is 0.605. The number of rotatable bonds is 10. The van der Waals surface area contributed by atoms with Gasteiger partial charge in [0.15, 0.2) is 0 Å². The Morgan fingerprint density at radius 2 is 1.86 bits per heavy atom. The van der Waals surface area contributed by atoms with E-state index in [1.54, 1.807) is 0 Å². The Labute approximate surface area is 124 Å². The van der Waals surface area contributed by atoms with E-state index in [0.717, 1.165) is 12.8 Å². The molecule has 0 amide bonds. The Morgan fingerprint density at radius 3 is 2.24 bits per heavy atom. The highest BCUT2D eigenvalue weighted by Crippen LogP contribution is 2.39. The molecule has 0 heterocycles. The lowest BCUT2D eigenvalue weighted by atomic mass is 9.98. The smallest absolute Gasteiger partial charge is 0.333 e. The third kappa shape index (κ3) is 8.65. The Bertz CT molecular complexity index is 426. The molecular weight excluding hydrogens is 299 g/mol. The average molecular weight is 322 g/mol. The fourth-order valence-electron chi connectivity index (χ4n) is 1.79. The minimum Gasteiger partial charge on any atom is -0.481 e. The minimum atomic E-state index is -4.53. The van der Waals surface area contributed by atoms with Gasteiger partial charge in [-0.15, -0.1) is 0 Å². The molecule has 0 aliphatic carbocycles. The molecule has 122 valence electrons. The molecule has 0 aliphatic rings. The maximum Gasteiger partial charge on any atom is 0.333 e. The van der Waals surface area contributed by atoms with Gasteiger partial charge < -0.3 is 19.6 Å². The van der Waals surface area contributed by atoms with Crippen molar-refractivity contribution in [2.45, 2.75) is 45.6 Å². The van der Waals surface area contributed by atoms with Crippen molar-refractivity contribution in [3.8, 4) is 0 Å². The Balaban J connectivity index is 5.08. The van der Waals surface area contributed by atoms with Gasteiger partial charge in [0.05, 0.1) is 6.16 Å². The summed E-state index contributed by atoms with van der Waals surface area (Å²) in [4.78, 5) is 40.8. The lowest BCUT2D eigenvalue weighted by molar-refractivity contribution is -0.155. The number of hydrogen-bond acceptors (Lipinski definition) is 4. The van der Waals surface area contributed by atoms with Crippen LogP contribution in [0.15, 0.2) is 12.2 Å². The quantitative estimate of drug-likeness (QED) is 0.243. The summed E-state index contributed by atoms with van der Waals surface area (Å²) in [5.74, 6) is -3.59. The van der Waals surface area contributed by atoms with Crippen molar-refractivity contribution in [2.75, 3.05) is 6.16 Å². The molecule has 0 radical (unpaired) electrons. The fourth-order valence-corrected chi connectivity index (χ4v) is 2.69. The first-order valence-electron chi connectivity index (χ1n) is 6.72. The zero-order chi connectivity index (χ0) is 16.6. The molecule has 0 aromatic heterocycles. The van der Waals surface area contributed by atoms with Crippen LogP contribution in [-0.4, -0.2) is 39.1 Å². The number of carboxylic acid groups (broad SMARTS) is 1. The van der Waals surface area contributed by atoms with Gasteiger partial charge in [-0.25, -0.2) is 4.79 Å². The van der Waals surface area contributed by atoms with E-state index in [1.165, 1.54) is 6.92 Å². The molecule has 0 aliphatic heterocycles. The molecular formula is C13H23O7P. The highest BCUT2D eigenvalue weighted by Gasteiger charge is 2.36. The Morgan fingerprint density at radius 1 is 1.29 bits per heavy atom. The Kier molecular flexibility index (Phi) is 8.47. The van der Waals surface area contributed by atoms with Crippen molar-refractivity contribution in [3.63, 3.8) is 0 Å². The number of hydrogen-bond donors (Lipinski definition) is 3. The first-order valence-corrected chi connectivity index (χ1v) is 8.52. The van der Waals surface area contributed by atoms with Crippen molar-refractivity contribution in [1.82, 2.24) is 0 Å². The first-order chi connectivity index (χ1) is 9.58. The molecule has 0 spiro atoms.